The predicted molar refractivity (Wildman–Crippen MR) is 111 cm³/mol. The molecule has 0 atom stereocenters. The zero-order valence-electron chi connectivity index (χ0n) is 16.4. The summed E-state index contributed by atoms with van der Waals surface area (Å²) < 4.78 is 11.2. The molecule has 0 aliphatic rings. The number of nitrogens with one attached hydrogen (secondary N) is 1. The Kier molecular flexibility index (Phi) is 7.41. The van der Waals surface area contributed by atoms with E-state index in [2.05, 4.69) is 11.9 Å². The van der Waals surface area contributed by atoms with Gasteiger partial charge in [-0.1, -0.05) is 30.9 Å². The molecule has 5 nitrogen and oxygen atoms in total. The Labute approximate surface area is 165 Å². The number of nitrogens with zero attached hydrogens (tertiary/aromatic N) is 1. The molecule has 0 saturated carbocycles. The number of ether oxygens (including phenoxy) is 2. The van der Waals surface area contributed by atoms with Crippen molar-refractivity contribution in [3.63, 3.8) is 0 Å². The van der Waals surface area contributed by atoms with Gasteiger partial charge in [0.2, 0.25) is 0 Å². The number of hydrogen-bond donors (Lipinski definition) is 1. The van der Waals surface area contributed by atoms with Crippen LogP contribution >= 0.6 is 0 Å². The van der Waals surface area contributed by atoms with Gasteiger partial charge in [-0.25, -0.2) is 0 Å². The Morgan fingerprint density at radius 3 is 2.68 bits per heavy atom. The molecule has 0 saturated heterocycles. The van der Waals surface area contributed by atoms with Gasteiger partial charge in [0.25, 0.3) is 5.91 Å². The maximum Gasteiger partial charge on any atom is 0.266 e. The summed E-state index contributed by atoms with van der Waals surface area (Å²) in [4.78, 5) is 12.6. The number of carbonyl (C=O) groups is 1. The third-order valence-electron chi connectivity index (χ3n) is 4.15. The number of rotatable bonds is 8. The highest BCUT2D eigenvalue weighted by atomic mass is 16.5. The molecule has 0 unspecified atom stereocenters. The molecule has 2 rings (SSSR count). The van der Waals surface area contributed by atoms with Crippen molar-refractivity contribution >= 4 is 17.7 Å². The Balaban J connectivity index is 2.28. The Hall–Kier alpha value is -3.52. The van der Waals surface area contributed by atoms with Crippen LogP contribution in [0.2, 0.25) is 0 Å². The van der Waals surface area contributed by atoms with Gasteiger partial charge < -0.3 is 14.8 Å². The molecule has 5 heteroatoms. The molecule has 1 amide bonds. The van der Waals surface area contributed by atoms with Gasteiger partial charge in [0.1, 0.15) is 18.2 Å². The lowest BCUT2D eigenvalue weighted by molar-refractivity contribution is -0.112. The fourth-order valence-electron chi connectivity index (χ4n) is 2.54. The van der Waals surface area contributed by atoms with Crippen LogP contribution in [0.5, 0.6) is 11.5 Å². The van der Waals surface area contributed by atoms with E-state index in [0.29, 0.717) is 36.0 Å². The van der Waals surface area contributed by atoms with Crippen molar-refractivity contribution in [1.29, 1.82) is 5.26 Å². The Morgan fingerprint density at radius 1 is 1.21 bits per heavy atom. The van der Waals surface area contributed by atoms with E-state index < -0.39 is 5.91 Å². The molecule has 0 bridgehead atoms. The summed E-state index contributed by atoms with van der Waals surface area (Å²) >= 11 is 0. The minimum absolute atomic E-state index is 0.00288. The highest BCUT2D eigenvalue weighted by Crippen LogP contribution is 2.29. The van der Waals surface area contributed by atoms with Gasteiger partial charge >= 0.3 is 0 Å². The number of hydrogen-bond acceptors (Lipinski definition) is 4. The van der Waals surface area contributed by atoms with Crippen molar-refractivity contribution in [2.24, 2.45) is 0 Å². The standard InChI is InChI=1S/C23H24N2O3/c1-5-12-28-21-11-10-18(14-22(21)27-6-2)13-19(15-24)23(26)25-20-9-7-8-16(3)17(20)4/h5,7-11,13-14H,1,6,12H2,2-4H3,(H,25,26)/b19-13-. The number of nitriles is 1. The molecule has 2 aromatic carbocycles. The highest BCUT2D eigenvalue weighted by Gasteiger charge is 2.13. The van der Waals surface area contributed by atoms with E-state index in [1.54, 1.807) is 24.3 Å². The van der Waals surface area contributed by atoms with E-state index in [1.807, 2.05) is 45.0 Å². The highest BCUT2D eigenvalue weighted by molar-refractivity contribution is 6.10. The van der Waals surface area contributed by atoms with E-state index in [9.17, 15) is 10.1 Å². The van der Waals surface area contributed by atoms with Gasteiger partial charge in [-0.15, -0.1) is 0 Å². The summed E-state index contributed by atoms with van der Waals surface area (Å²) in [6.07, 6.45) is 3.18. The van der Waals surface area contributed by atoms with E-state index in [-0.39, 0.29) is 5.57 Å². The smallest absolute Gasteiger partial charge is 0.266 e. The average molecular weight is 376 g/mol. The minimum atomic E-state index is -0.457. The molecule has 2 aromatic rings. The fourth-order valence-corrected chi connectivity index (χ4v) is 2.54. The number of benzene rings is 2. The van der Waals surface area contributed by atoms with Gasteiger partial charge in [0, 0.05) is 5.69 Å². The zero-order valence-corrected chi connectivity index (χ0v) is 16.4. The van der Waals surface area contributed by atoms with Crippen molar-refractivity contribution in [3.8, 4) is 17.6 Å². The minimum Gasteiger partial charge on any atom is -0.490 e. The van der Waals surface area contributed by atoms with Crippen molar-refractivity contribution in [2.75, 3.05) is 18.5 Å². The molecule has 0 radical (unpaired) electrons. The van der Waals surface area contributed by atoms with Crippen molar-refractivity contribution in [2.45, 2.75) is 20.8 Å². The van der Waals surface area contributed by atoms with Crippen LogP contribution in [0.4, 0.5) is 5.69 Å². The lowest BCUT2D eigenvalue weighted by atomic mass is 10.1. The molecule has 0 fully saturated rings. The van der Waals surface area contributed by atoms with Crippen LogP contribution in [0.1, 0.15) is 23.6 Å². The molecular weight excluding hydrogens is 352 g/mol. The first-order chi connectivity index (χ1) is 13.5. The van der Waals surface area contributed by atoms with Crippen LogP contribution in [0.25, 0.3) is 6.08 Å². The maximum absolute atomic E-state index is 12.6. The molecule has 0 aliphatic heterocycles. The summed E-state index contributed by atoms with van der Waals surface area (Å²) in [6.45, 7) is 10.2. The van der Waals surface area contributed by atoms with Gasteiger partial charge in [-0.3, -0.25) is 4.79 Å². The molecular formula is C23H24N2O3. The van der Waals surface area contributed by atoms with E-state index in [0.717, 1.165) is 11.1 Å². The Bertz CT molecular complexity index is 939. The molecule has 0 spiro atoms. The summed E-state index contributed by atoms with van der Waals surface area (Å²) in [6, 6.07) is 12.9. The lowest BCUT2D eigenvalue weighted by Gasteiger charge is -2.12. The van der Waals surface area contributed by atoms with E-state index in [4.69, 9.17) is 9.47 Å². The van der Waals surface area contributed by atoms with Crippen LogP contribution in [0.3, 0.4) is 0 Å². The van der Waals surface area contributed by atoms with Crippen LogP contribution in [-0.2, 0) is 4.79 Å². The van der Waals surface area contributed by atoms with E-state index in [1.165, 1.54) is 6.08 Å². The zero-order chi connectivity index (χ0) is 20.5. The summed E-state index contributed by atoms with van der Waals surface area (Å²) in [5.74, 6) is 0.670. The molecule has 0 heterocycles. The third kappa shape index (κ3) is 5.24. The van der Waals surface area contributed by atoms with Crippen LogP contribution < -0.4 is 14.8 Å². The van der Waals surface area contributed by atoms with Crippen molar-refractivity contribution < 1.29 is 14.3 Å². The second kappa shape index (κ2) is 9.98. The second-order valence-electron chi connectivity index (χ2n) is 6.11. The van der Waals surface area contributed by atoms with Gasteiger partial charge in [0.05, 0.1) is 6.61 Å². The van der Waals surface area contributed by atoms with Gasteiger partial charge in [-0.05, 0) is 61.7 Å². The predicted octanol–water partition coefficient (Wildman–Crippen LogP) is 4.81. The maximum atomic E-state index is 12.6. The first kappa shape index (κ1) is 20.8. The second-order valence-corrected chi connectivity index (χ2v) is 6.11. The quantitative estimate of drug-likeness (QED) is 0.408. The third-order valence-corrected chi connectivity index (χ3v) is 4.15. The van der Waals surface area contributed by atoms with E-state index >= 15 is 0 Å². The fraction of sp³-hybridized carbons (Fsp3) is 0.217. The monoisotopic (exact) mass is 376 g/mol. The molecule has 0 aliphatic carbocycles. The Morgan fingerprint density at radius 2 is 2.00 bits per heavy atom. The van der Waals surface area contributed by atoms with Crippen LogP contribution in [0.15, 0.2) is 54.6 Å². The number of anilines is 1. The summed E-state index contributed by atoms with van der Waals surface area (Å²) in [7, 11) is 0. The van der Waals surface area contributed by atoms with Crippen molar-refractivity contribution in [1.82, 2.24) is 0 Å². The summed E-state index contributed by atoms with van der Waals surface area (Å²) in [5, 5.41) is 12.3. The number of amides is 1. The molecule has 0 aromatic heterocycles. The van der Waals surface area contributed by atoms with Crippen LogP contribution in [-0.4, -0.2) is 19.1 Å². The first-order valence-electron chi connectivity index (χ1n) is 9.00. The number of carbonyl (C=O) groups excluding carboxylic acids is 1. The summed E-state index contributed by atoms with van der Waals surface area (Å²) in [5.41, 5.74) is 3.40. The topological polar surface area (TPSA) is 71.3 Å². The molecule has 1 N–H and O–H groups in total. The largest absolute Gasteiger partial charge is 0.490 e. The van der Waals surface area contributed by atoms with Crippen molar-refractivity contribution in [3.05, 3.63) is 71.3 Å². The van der Waals surface area contributed by atoms with Gasteiger partial charge in [0.15, 0.2) is 11.5 Å². The first-order valence-corrected chi connectivity index (χ1v) is 9.00. The normalized spacial score (nSPS) is 10.7. The van der Waals surface area contributed by atoms with Crippen LogP contribution in [0, 0.1) is 25.2 Å². The SMILES string of the molecule is C=CCOc1ccc(/C=C(/C#N)C(=O)Nc2cccc(C)c2C)cc1OCC. The lowest BCUT2D eigenvalue weighted by Crippen LogP contribution is -2.14. The average Bonchev–Trinajstić information content (AvgIpc) is 2.69. The molecule has 28 heavy (non-hydrogen) atoms. The number of aryl methyl sites for hydroxylation is 1. The van der Waals surface area contributed by atoms with Gasteiger partial charge in [-0.2, -0.15) is 5.26 Å². The molecule has 144 valence electrons.